The zero-order chi connectivity index (χ0) is 27.0. The van der Waals surface area contributed by atoms with E-state index in [4.69, 9.17) is 4.74 Å². The maximum absolute atomic E-state index is 13.4. The molecule has 1 fully saturated rings. The van der Waals surface area contributed by atoms with Crippen molar-refractivity contribution in [1.29, 1.82) is 0 Å². The average molecular weight is 589 g/mol. The molecule has 1 aromatic carbocycles. The van der Waals surface area contributed by atoms with Gasteiger partial charge in [0.25, 0.3) is 17.7 Å². The lowest BCUT2D eigenvalue weighted by molar-refractivity contribution is -0.151. The normalized spacial score (nSPS) is 16.5. The summed E-state index contributed by atoms with van der Waals surface area (Å²) in [4.78, 5) is 54.5. The number of methoxy groups -OCH3 is 1. The molecule has 0 aliphatic carbocycles. The predicted molar refractivity (Wildman–Crippen MR) is 142 cm³/mol. The lowest BCUT2D eigenvalue weighted by Gasteiger charge is -2.42. The fourth-order valence-corrected chi connectivity index (χ4v) is 7.76. The lowest BCUT2D eigenvalue weighted by Crippen LogP contribution is -2.65. The molecule has 38 heavy (non-hydrogen) atoms. The number of β-lactam (4-membered cyclic amide) rings is 1. The van der Waals surface area contributed by atoms with Crippen molar-refractivity contribution < 1.29 is 23.9 Å². The van der Waals surface area contributed by atoms with Crippen molar-refractivity contribution >= 4 is 69.9 Å². The molecule has 3 amide bonds. The van der Waals surface area contributed by atoms with E-state index in [2.05, 4.69) is 20.4 Å². The molecular weight excluding hydrogens is 569 g/mol. The predicted octanol–water partition coefficient (Wildman–Crippen LogP) is 2.82. The van der Waals surface area contributed by atoms with Gasteiger partial charge in [-0.25, -0.2) is 4.79 Å². The Morgan fingerprint density at radius 2 is 1.47 bits per heavy atom. The maximum Gasteiger partial charge on any atom is 0.354 e. The summed E-state index contributed by atoms with van der Waals surface area (Å²) in [7, 11) is 1.24. The Kier molecular flexibility index (Phi) is 7.61. The topological polar surface area (TPSA) is 136 Å². The molecular formula is C23H20N6O5S4. The molecule has 0 bridgehead atoms. The van der Waals surface area contributed by atoms with E-state index in [1.165, 1.54) is 58.2 Å². The molecule has 15 heteroatoms. The minimum Gasteiger partial charge on any atom is -0.464 e. The van der Waals surface area contributed by atoms with E-state index in [-0.39, 0.29) is 23.4 Å². The highest BCUT2D eigenvalue weighted by atomic mass is 32.2. The van der Waals surface area contributed by atoms with Crippen molar-refractivity contribution in [2.24, 2.45) is 0 Å². The van der Waals surface area contributed by atoms with Crippen LogP contribution < -0.4 is 0 Å². The maximum atomic E-state index is 13.4. The van der Waals surface area contributed by atoms with Crippen molar-refractivity contribution in [3.8, 4) is 0 Å². The quantitative estimate of drug-likeness (QED) is 0.120. The van der Waals surface area contributed by atoms with Crippen LogP contribution in [0.5, 0.6) is 0 Å². The number of nitrogens with zero attached hydrogens (tertiary/aromatic N) is 6. The van der Waals surface area contributed by atoms with Crippen LogP contribution in [0.3, 0.4) is 0 Å². The van der Waals surface area contributed by atoms with Crippen molar-refractivity contribution in [1.82, 2.24) is 30.2 Å². The minimum absolute atomic E-state index is 0.0105. The molecule has 196 valence electrons. The third-order valence-electron chi connectivity index (χ3n) is 5.78. The van der Waals surface area contributed by atoms with Gasteiger partial charge in [-0.2, -0.15) is 0 Å². The summed E-state index contributed by atoms with van der Waals surface area (Å²) < 4.78 is 6.50. The van der Waals surface area contributed by atoms with Crippen LogP contribution in [-0.2, 0) is 14.3 Å². The fraction of sp³-hybridized carbons (Fsp3) is 0.304. The van der Waals surface area contributed by atoms with Crippen LogP contribution in [0.2, 0.25) is 0 Å². The zero-order valence-electron chi connectivity index (χ0n) is 20.4. The van der Waals surface area contributed by atoms with Gasteiger partial charge in [-0.1, -0.05) is 58.3 Å². The van der Waals surface area contributed by atoms with Crippen molar-refractivity contribution in [2.75, 3.05) is 25.2 Å². The van der Waals surface area contributed by atoms with Gasteiger partial charge < -0.3 is 9.64 Å². The summed E-state index contributed by atoms with van der Waals surface area (Å²) in [6.07, 6.45) is 0. The first-order valence-electron chi connectivity index (χ1n) is 11.2. The molecule has 5 rings (SSSR count). The van der Waals surface area contributed by atoms with Crippen LogP contribution in [0.15, 0.2) is 44.2 Å². The van der Waals surface area contributed by atoms with Gasteiger partial charge in [0.05, 0.1) is 24.8 Å². The number of aryl methyl sites for hydroxylation is 2. The molecule has 1 unspecified atom stereocenters. The van der Waals surface area contributed by atoms with E-state index in [9.17, 15) is 19.2 Å². The van der Waals surface area contributed by atoms with Crippen molar-refractivity contribution in [2.45, 2.75) is 28.6 Å². The largest absolute Gasteiger partial charge is 0.464 e. The van der Waals surface area contributed by atoms with Crippen LogP contribution in [0.25, 0.3) is 0 Å². The van der Waals surface area contributed by atoms with Gasteiger partial charge >= 0.3 is 5.97 Å². The number of carbonyl (C=O) groups is 4. The van der Waals surface area contributed by atoms with E-state index in [0.717, 1.165) is 23.6 Å². The van der Waals surface area contributed by atoms with Gasteiger partial charge in [0, 0.05) is 11.5 Å². The van der Waals surface area contributed by atoms with Crippen LogP contribution in [0.4, 0.5) is 0 Å². The summed E-state index contributed by atoms with van der Waals surface area (Å²) in [5, 5.41) is 17.9. The first-order chi connectivity index (χ1) is 18.3. The molecule has 2 aliphatic heterocycles. The van der Waals surface area contributed by atoms with Crippen molar-refractivity contribution in [3.63, 3.8) is 0 Å². The Labute approximate surface area is 233 Å². The van der Waals surface area contributed by atoms with Crippen LogP contribution in [0, 0.1) is 13.8 Å². The average Bonchev–Trinajstić information content (AvgIpc) is 3.60. The Morgan fingerprint density at radius 1 is 0.947 bits per heavy atom. The highest BCUT2D eigenvalue weighted by Crippen LogP contribution is 2.35. The summed E-state index contributed by atoms with van der Waals surface area (Å²) in [5.41, 5.74) is 1.25. The second-order valence-corrected chi connectivity index (χ2v) is 13.0. The fourth-order valence-electron chi connectivity index (χ4n) is 3.98. The summed E-state index contributed by atoms with van der Waals surface area (Å²) in [5.74, 6) is -1.56. The Hall–Kier alpha value is -3.14. The van der Waals surface area contributed by atoms with Crippen LogP contribution >= 0.6 is 46.2 Å². The molecule has 0 spiro atoms. The Bertz CT molecular complexity index is 1400. The second-order valence-electron chi connectivity index (χ2n) is 8.19. The minimum atomic E-state index is -1.000. The lowest BCUT2D eigenvalue weighted by atomic mass is 10.0. The highest BCUT2D eigenvalue weighted by Gasteiger charge is 2.52. The molecule has 0 N–H and O–H groups in total. The standard InChI is InChI=1S/C23H20N6O5S4/c1-11-24-26-22(37-11)35-9-13(10-36-23-27-25-12(2)38-23)17(21(33)34-3)28-8-16(20(28)32)29-18(30)14-6-4-5-7-15(14)19(29)31/h4-7,16H,8-10H2,1-3H3. The highest BCUT2D eigenvalue weighted by molar-refractivity contribution is 8.02. The van der Waals surface area contributed by atoms with E-state index < -0.39 is 29.7 Å². The first-order valence-corrected chi connectivity index (χ1v) is 14.8. The van der Waals surface area contributed by atoms with Crippen LogP contribution in [-0.4, -0.2) is 85.1 Å². The zero-order valence-corrected chi connectivity index (χ0v) is 23.6. The molecule has 1 atom stereocenters. The van der Waals surface area contributed by atoms with E-state index in [0.29, 0.717) is 17.1 Å². The third-order valence-corrected chi connectivity index (χ3v) is 9.90. The summed E-state index contributed by atoms with van der Waals surface area (Å²) in [6, 6.07) is 5.46. The molecule has 3 aromatic rings. The molecule has 2 aromatic heterocycles. The third kappa shape index (κ3) is 4.98. The van der Waals surface area contributed by atoms with Gasteiger partial charge in [0.15, 0.2) is 8.68 Å². The van der Waals surface area contributed by atoms with Gasteiger partial charge in [0.1, 0.15) is 21.8 Å². The number of fused-ring (bicyclic) bond motifs is 1. The number of rotatable bonds is 9. The van der Waals surface area contributed by atoms with Gasteiger partial charge in [-0.15, -0.1) is 20.4 Å². The second kappa shape index (κ2) is 10.9. The number of carbonyl (C=O) groups excluding carboxylic acids is 4. The van der Waals surface area contributed by atoms with E-state index in [1.54, 1.807) is 24.3 Å². The molecule has 0 saturated carbocycles. The number of aromatic nitrogens is 4. The number of hydrogen-bond acceptors (Lipinski definition) is 13. The number of esters is 1. The summed E-state index contributed by atoms with van der Waals surface area (Å²) in [6.45, 7) is 3.69. The van der Waals surface area contributed by atoms with Gasteiger partial charge in [-0.3, -0.25) is 19.3 Å². The molecule has 4 heterocycles. The number of thioether (sulfide) groups is 2. The number of amides is 3. The van der Waals surface area contributed by atoms with E-state index in [1.807, 2.05) is 13.8 Å². The Balaban J connectivity index is 1.42. The molecule has 1 saturated heterocycles. The number of likely N-dealkylation sites (tertiary alicyclic amines) is 1. The van der Waals surface area contributed by atoms with Gasteiger partial charge in [-0.05, 0) is 31.6 Å². The smallest absolute Gasteiger partial charge is 0.354 e. The Morgan fingerprint density at radius 3 is 1.89 bits per heavy atom. The van der Waals surface area contributed by atoms with Crippen molar-refractivity contribution in [3.05, 3.63) is 56.7 Å². The van der Waals surface area contributed by atoms with E-state index >= 15 is 0 Å². The summed E-state index contributed by atoms with van der Waals surface area (Å²) >= 11 is 5.64. The molecule has 11 nitrogen and oxygen atoms in total. The first kappa shape index (κ1) is 26.5. The molecule has 0 radical (unpaired) electrons. The number of hydrogen-bond donors (Lipinski definition) is 0. The number of ether oxygens (including phenoxy) is 1. The van der Waals surface area contributed by atoms with Gasteiger partial charge in [0.2, 0.25) is 0 Å². The monoisotopic (exact) mass is 588 g/mol. The number of imide groups is 1. The number of benzene rings is 1. The van der Waals surface area contributed by atoms with Crippen LogP contribution in [0.1, 0.15) is 30.7 Å². The molecule has 2 aliphatic rings. The SMILES string of the molecule is COC(=O)C(=C(CSc1nnc(C)s1)CSc1nnc(C)s1)N1CC(N2C(=O)c3ccccc3C2=O)C1=O.